The van der Waals surface area contributed by atoms with Crippen LogP contribution in [0.15, 0.2) is 6.07 Å². The summed E-state index contributed by atoms with van der Waals surface area (Å²) < 4.78 is 4.85. The first-order valence-electron chi connectivity index (χ1n) is 6.28. The summed E-state index contributed by atoms with van der Waals surface area (Å²) in [4.78, 5) is 23.9. The van der Waals surface area contributed by atoms with Gasteiger partial charge in [0.2, 0.25) is 5.91 Å². The number of thiophene rings is 1. The molecule has 1 rings (SSSR count). The molecule has 0 fully saturated rings. The summed E-state index contributed by atoms with van der Waals surface area (Å²) in [5.74, 6) is -1.02. The summed E-state index contributed by atoms with van der Waals surface area (Å²) in [5, 5.41) is 14.7. The molecule has 0 spiro atoms. The highest BCUT2D eigenvalue weighted by Gasteiger charge is 2.14. The van der Waals surface area contributed by atoms with Gasteiger partial charge in [-0.25, -0.2) is 4.79 Å². The third kappa shape index (κ3) is 4.92. The Morgan fingerprint density at radius 2 is 2.20 bits per heavy atom. The van der Waals surface area contributed by atoms with E-state index in [-0.39, 0.29) is 11.9 Å². The third-order valence-electron chi connectivity index (χ3n) is 2.83. The Balaban J connectivity index is 2.46. The molecule has 1 atom stereocenters. The molecule has 0 aliphatic rings. The predicted molar refractivity (Wildman–Crippen MR) is 77.2 cm³/mol. The van der Waals surface area contributed by atoms with E-state index in [2.05, 4.69) is 10.6 Å². The number of methoxy groups -OCH3 is 1. The van der Waals surface area contributed by atoms with Crippen molar-refractivity contribution in [3.8, 4) is 0 Å². The third-order valence-corrected chi connectivity index (χ3v) is 3.91. The smallest absolute Gasteiger partial charge is 0.345 e. The molecule has 1 aromatic rings. The monoisotopic (exact) mass is 300 g/mol. The molecule has 0 saturated heterocycles. The molecular formula is C13H20N2O4S. The number of carbonyl (C=O) groups excluding carboxylic acids is 1. The fourth-order valence-corrected chi connectivity index (χ4v) is 2.47. The zero-order chi connectivity index (χ0) is 15.1. The molecule has 3 N–H and O–H groups in total. The van der Waals surface area contributed by atoms with Crippen LogP contribution in [0.25, 0.3) is 0 Å². The Kier molecular flexibility index (Phi) is 6.63. The van der Waals surface area contributed by atoms with Gasteiger partial charge in [-0.3, -0.25) is 4.79 Å². The fourth-order valence-electron chi connectivity index (χ4n) is 1.59. The highest BCUT2D eigenvalue weighted by atomic mass is 32.1. The van der Waals surface area contributed by atoms with Crippen LogP contribution in [0.3, 0.4) is 0 Å². The maximum Gasteiger partial charge on any atom is 0.345 e. The number of carboxylic acids is 1. The van der Waals surface area contributed by atoms with Gasteiger partial charge in [0.1, 0.15) is 4.88 Å². The first kappa shape index (κ1) is 16.6. The zero-order valence-corrected chi connectivity index (χ0v) is 12.7. The second-order valence-corrected chi connectivity index (χ2v) is 5.64. The largest absolute Gasteiger partial charge is 0.477 e. The Morgan fingerprint density at radius 3 is 2.75 bits per heavy atom. The van der Waals surface area contributed by atoms with E-state index in [4.69, 9.17) is 9.84 Å². The van der Waals surface area contributed by atoms with Crippen molar-refractivity contribution in [3.63, 3.8) is 0 Å². The Labute approximate surface area is 122 Å². The molecule has 1 unspecified atom stereocenters. The molecule has 6 nitrogen and oxygen atoms in total. The topological polar surface area (TPSA) is 87.7 Å². The number of amides is 1. The van der Waals surface area contributed by atoms with Gasteiger partial charge >= 0.3 is 5.97 Å². The lowest BCUT2D eigenvalue weighted by Gasteiger charge is -2.13. The van der Waals surface area contributed by atoms with Crippen molar-refractivity contribution in [1.82, 2.24) is 10.6 Å². The summed E-state index contributed by atoms with van der Waals surface area (Å²) in [5.41, 5.74) is 0.906. The predicted octanol–water partition coefficient (Wildman–Crippen LogP) is 0.995. The van der Waals surface area contributed by atoms with Crippen molar-refractivity contribution in [1.29, 1.82) is 0 Å². The van der Waals surface area contributed by atoms with E-state index in [1.165, 1.54) is 11.3 Å². The standard InChI is InChI=1S/C13H20N2O4S/c1-8(12(16)14-4-5-19-3)15-7-10-6-11(13(17)18)20-9(10)2/h6,8,15H,4-5,7H2,1-3H3,(H,14,16)(H,17,18). The molecule has 0 aliphatic carbocycles. The van der Waals surface area contributed by atoms with E-state index >= 15 is 0 Å². The number of hydrogen-bond donors (Lipinski definition) is 3. The van der Waals surface area contributed by atoms with Gasteiger partial charge in [-0.2, -0.15) is 0 Å². The molecule has 1 amide bonds. The van der Waals surface area contributed by atoms with Crippen LogP contribution in [0.5, 0.6) is 0 Å². The van der Waals surface area contributed by atoms with E-state index in [1.54, 1.807) is 20.1 Å². The van der Waals surface area contributed by atoms with Crippen molar-refractivity contribution in [3.05, 3.63) is 21.4 Å². The molecule has 7 heteroatoms. The summed E-state index contributed by atoms with van der Waals surface area (Å²) in [6, 6.07) is 1.30. The average Bonchev–Trinajstić information content (AvgIpc) is 2.77. The minimum atomic E-state index is -0.922. The maximum absolute atomic E-state index is 11.7. The molecule has 0 saturated carbocycles. The van der Waals surface area contributed by atoms with E-state index in [0.717, 1.165) is 10.4 Å². The number of hydrogen-bond acceptors (Lipinski definition) is 5. The fraction of sp³-hybridized carbons (Fsp3) is 0.538. The van der Waals surface area contributed by atoms with Crippen LogP contribution >= 0.6 is 11.3 Å². The van der Waals surface area contributed by atoms with Crippen LogP contribution in [0, 0.1) is 6.92 Å². The SMILES string of the molecule is COCCNC(=O)C(C)NCc1cc(C(=O)O)sc1C. The number of carbonyl (C=O) groups is 2. The van der Waals surface area contributed by atoms with Crippen LogP contribution in [-0.2, 0) is 16.1 Å². The molecule has 0 aliphatic heterocycles. The number of rotatable bonds is 8. The molecule has 112 valence electrons. The molecular weight excluding hydrogens is 280 g/mol. The number of ether oxygens (including phenoxy) is 1. The number of nitrogens with one attached hydrogen (secondary N) is 2. The van der Waals surface area contributed by atoms with Crippen LogP contribution in [0.1, 0.15) is 27.0 Å². The molecule has 1 aromatic heterocycles. The molecule has 0 radical (unpaired) electrons. The van der Waals surface area contributed by atoms with Gasteiger partial charge in [0, 0.05) is 25.1 Å². The molecule has 0 bridgehead atoms. The van der Waals surface area contributed by atoms with Crippen LogP contribution < -0.4 is 10.6 Å². The molecule has 1 heterocycles. The summed E-state index contributed by atoms with van der Waals surface area (Å²) in [6.45, 7) is 5.06. The maximum atomic E-state index is 11.7. The van der Waals surface area contributed by atoms with Crippen molar-refractivity contribution in [2.45, 2.75) is 26.4 Å². The molecule has 20 heavy (non-hydrogen) atoms. The summed E-state index contributed by atoms with van der Waals surface area (Å²) in [6.07, 6.45) is 0. The number of carboxylic acid groups (broad SMARTS) is 1. The van der Waals surface area contributed by atoms with Gasteiger partial charge in [-0.05, 0) is 25.5 Å². The molecule has 0 aromatic carbocycles. The lowest BCUT2D eigenvalue weighted by molar-refractivity contribution is -0.123. The minimum Gasteiger partial charge on any atom is -0.477 e. The Hall–Kier alpha value is -1.44. The zero-order valence-electron chi connectivity index (χ0n) is 11.9. The van der Waals surface area contributed by atoms with Gasteiger partial charge < -0.3 is 20.5 Å². The van der Waals surface area contributed by atoms with E-state index in [0.29, 0.717) is 24.6 Å². The highest BCUT2D eigenvalue weighted by molar-refractivity contribution is 7.14. The van der Waals surface area contributed by atoms with Gasteiger partial charge in [-0.1, -0.05) is 0 Å². The average molecular weight is 300 g/mol. The van der Waals surface area contributed by atoms with Crippen LogP contribution in [-0.4, -0.2) is 43.3 Å². The van der Waals surface area contributed by atoms with Crippen molar-refractivity contribution >= 4 is 23.2 Å². The van der Waals surface area contributed by atoms with Gasteiger partial charge in [0.25, 0.3) is 0 Å². The van der Waals surface area contributed by atoms with Crippen molar-refractivity contribution in [2.24, 2.45) is 0 Å². The lowest BCUT2D eigenvalue weighted by Crippen LogP contribution is -2.42. The van der Waals surface area contributed by atoms with Gasteiger partial charge in [-0.15, -0.1) is 11.3 Å². The van der Waals surface area contributed by atoms with Crippen LogP contribution in [0.2, 0.25) is 0 Å². The lowest BCUT2D eigenvalue weighted by atomic mass is 10.2. The Bertz CT molecular complexity index is 473. The van der Waals surface area contributed by atoms with E-state index in [9.17, 15) is 9.59 Å². The van der Waals surface area contributed by atoms with E-state index in [1.807, 2.05) is 6.92 Å². The second-order valence-electron chi connectivity index (χ2n) is 4.38. The number of aryl methyl sites for hydroxylation is 1. The normalized spacial score (nSPS) is 12.2. The Morgan fingerprint density at radius 1 is 1.50 bits per heavy atom. The second kappa shape index (κ2) is 7.98. The quantitative estimate of drug-likeness (QED) is 0.623. The van der Waals surface area contributed by atoms with Gasteiger partial charge in [0.05, 0.1) is 12.6 Å². The van der Waals surface area contributed by atoms with Crippen molar-refractivity contribution in [2.75, 3.05) is 20.3 Å². The van der Waals surface area contributed by atoms with Crippen LogP contribution in [0.4, 0.5) is 0 Å². The minimum absolute atomic E-state index is 0.103. The first-order chi connectivity index (χ1) is 9.45. The highest BCUT2D eigenvalue weighted by Crippen LogP contribution is 2.21. The number of aromatic carboxylic acids is 1. The summed E-state index contributed by atoms with van der Waals surface area (Å²) >= 11 is 1.24. The van der Waals surface area contributed by atoms with E-state index < -0.39 is 5.97 Å². The van der Waals surface area contributed by atoms with Gasteiger partial charge in [0.15, 0.2) is 0 Å². The first-order valence-corrected chi connectivity index (χ1v) is 7.10. The van der Waals surface area contributed by atoms with Crippen molar-refractivity contribution < 1.29 is 19.4 Å². The summed E-state index contributed by atoms with van der Waals surface area (Å²) in [7, 11) is 1.58.